The van der Waals surface area contributed by atoms with E-state index in [1.807, 2.05) is 31.2 Å². The molecule has 132 valence electrons. The predicted octanol–water partition coefficient (Wildman–Crippen LogP) is 3.52. The van der Waals surface area contributed by atoms with Gasteiger partial charge in [-0.2, -0.15) is 0 Å². The van der Waals surface area contributed by atoms with E-state index in [9.17, 15) is 13.6 Å². The highest BCUT2D eigenvalue weighted by Gasteiger charge is 2.07. The van der Waals surface area contributed by atoms with Crippen molar-refractivity contribution >= 4 is 40.7 Å². The lowest BCUT2D eigenvalue weighted by atomic mass is 10.1. The minimum atomic E-state index is -0.774. The monoisotopic (exact) mass is 381 g/mol. The number of hydrogen-bond acceptors (Lipinski definition) is 3. The van der Waals surface area contributed by atoms with Crippen molar-refractivity contribution in [2.45, 2.75) is 12.7 Å². The Morgan fingerprint density at radius 3 is 2.64 bits per heavy atom. The summed E-state index contributed by atoms with van der Waals surface area (Å²) < 4.78 is 26.3. The Hall–Kier alpha value is -2.19. The maximum atomic E-state index is 13.5. The van der Waals surface area contributed by atoms with E-state index in [0.717, 1.165) is 17.9 Å². The number of thioether (sulfide) groups is 1. The van der Waals surface area contributed by atoms with Crippen molar-refractivity contribution in [3.63, 3.8) is 0 Å². The zero-order valence-corrected chi connectivity index (χ0v) is 15.1. The first-order valence-corrected chi connectivity index (χ1v) is 8.95. The number of anilines is 1. The van der Waals surface area contributed by atoms with Gasteiger partial charge in [-0.3, -0.25) is 15.6 Å². The molecule has 0 saturated carbocycles. The fourth-order valence-electron chi connectivity index (χ4n) is 1.93. The summed E-state index contributed by atoms with van der Waals surface area (Å²) in [6.07, 6.45) is 0. The Morgan fingerprint density at radius 2 is 1.92 bits per heavy atom. The standard InChI is InChI=1S/C17H17F2N3OS2/c1-11-4-2-3-5-12(11)9-25-10-16(23)21-22-17(24)20-15-7-6-13(18)8-14(15)19/h2-8H,9-10H2,1H3,(H,21,23)(H2,20,22,24). The zero-order chi connectivity index (χ0) is 18.2. The fourth-order valence-corrected chi connectivity index (χ4v) is 3.00. The topological polar surface area (TPSA) is 53.2 Å². The van der Waals surface area contributed by atoms with Crippen LogP contribution in [0.3, 0.4) is 0 Å². The molecule has 4 nitrogen and oxygen atoms in total. The van der Waals surface area contributed by atoms with Crippen molar-refractivity contribution in [3.8, 4) is 0 Å². The van der Waals surface area contributed by atoms with Crippen LogP contribution in [-0.4, -0.2) is 16.8 Å². The van der Waals surface area contributed by atoms with Crippen molar-refractivity contribution in [1.29, 1.82) is 0 Å². The van der Waals surface area contributed by atoms with Crippen LogP contribution in [0.4, 0.5) is 14.5 Å². The van der Waals surface area contributed by atoms with E-state index >= 15 is 0 Å². The lowest BCUT2D eigenvalue weighted by Gasteiger charge is -2.12. The van der Waals surface area contributed by atoms with Gasteiger partial charge in [0.25, 0.3) is 0 Å². The summed E-state index contributed by atoms with van der Waals surface area (Å²) in [7, 11) is 0. The third-order valence-corrected chi connectivity index (χ3v) is 4.43. The van der Waals surface area contributed by atoms with Gasteiger partial charge in [-0.25, -0.2) is 8.78 Å². The number of benzene rings is 2. The number of rotatable bonds is 5. The van der Waals surface area contributed by atoms with E-state index in [4.69, 9.17) is 12.2 Å². The summed E-state index contributed by atoms with van der Waals surface area (Å²) >= 11 is 6.42. The van der Waals surface area contributed by atoms with Crippen LogP contribution in [-0.2, 0) is 10.5 Å². The number of halogens is 2. The Kier molecular flexibility index (Phi) is 7.15. The highest BCUT2D eigenvalue weighted by atomic mass is 32.2. The normalized spacial score (nSPS) is 10.2. The second-order valence-corrected chi connectivity index (χ2v) is 6.56. The minimum absolute atomic E-state index is 0.00256. The first kappa shape index (κ1) is 19.1. The van der Waals surface area contributed by atoms with E-state index in [2.05, 4.69) is 16.2 Å². The average Bonchev–Trinajstić information content (AvgIpc) is 2.57. The molecule has 0 atom stereocenters. The molecule has 1 amide bonds. The fraction of sp³-hybridized carbons (Fsp3) is 0.176. The van der Waals surface area contributed by atoms with Gasteiger partial charge in [-0.05, 0) is 42.4 Å². The number of aryl methyl sites for hydroxylation is 1. The van der Waals surface area contributed by atoms with Gasteiger partial charge in [0.15, 0.2) is 5.11 Å². The third-order valence-electron chi connectivity index (χ3n) is 3.25. The molecule has 0 aliphatic heterocycles. The van der Waals surface area contributed by atoms with Crippen molar-refractivity contribution < 1.29 is 13.6 Å². The van der Waals surface area contributed by atoms with Gasteiger partial charge in [0.1, 0.15) is 11.6 Å². The predicted molar refractivity (Wildman–Crippen MR) is 101 cm³/mol. The molecule has 25 heavy (non-hydrogen) atoms. The third kappa shape index (κ3) is 6.32. The number of amides is 1. The highest BCUT2D eigenvalue weighted by molar-refractivity contribution is 7.99. The summed E-state index contributed by atoms with van der Waals surface area (Å²) in [4.78, 5) is 11.8. The molecule has 0 fully saturated rings. The van der Waals surface area contributed by atoms with E-state index in [1.165, 1.54) is 29.0 Å². The second kappa shape index (κ2) is 9.33. The van der Waals surface area contributed by atoms with Crippen LogP contribution in [0.15, 0.2) is 42.5 Å². The smallest absolute Gasteiger partial charge is 0.248 e. The Morgan fingerprint density at radius 1 is 1.16 bits per heavy atom. The van der Waals surface area contributed by atoms with Gasteiger partial charge < -0.3 is 5.32 Å². The van der Waals surface area contributed by atoms with Gasteiger partial charge in [0.2, 0.25) is 5.91 Å². The van der Waals surface area contributed by atoms with Crippen LogP contribution < -0.4 is 16.2 Å². The van der Waals surface area contributed by atoms with E-state index in [-0.39, 0.29) is 22.5 Å². The number of carbonyl (C=O) groups is 1. The first-order chi connectivity index (χ1) is 12.0. The Balaban J connectivity index is 1.70. The summed E-state index contributed by atoms with van der Waals surface area (Å²) in [6.45, 7) is 2.02. The van der Waals surface area contributed by atoms with Crippen molar-refractivity contribution in [2.75, 3.05) is 11.1 Å². The van der Waals surface area contributed by atoms with Gasteiger partial charge in [-0.15, -0.1) is 11.8 Å². The molecule has 3 N–H and O–H groups in total. The zero-order valence-electron chi connectivity index (χ0n) is 13.4. The lowest BCUT2D eigenvalue weighted by Crippen LogP contribution is -2.44. The molecule has 0 aliphatic rings. The van der Waals surface area contributed by atoms with Crippen LogP contribution in [0.25, 0.3) is 0 Å². The molecule has 0 unspecified atom stereocenters. The van der Waals surface area contributed by atoms with Crippen LogP contribution in [0.5, 0.6) is 0 Å². The van der Waals surface area contributed by atoms with E-state index < -0.39 is 11.6 Å². The summed E-state index contributed by atoms with van der Waals surface area (Å²) in [6, 6.07) is 11.0. The Bertz CT molecular complexity index is 771. The molecule has 2 rings (SSSR count). The lowest BCUT2D eigenvalue weighted by molar-refractivity contribution is -0.119. The van der Waals surface area contributed by atoms with Gasteiger partial charge in [0, 0.05) is 11.8 Å². The first-order valence-electron chi connectivity index (χ1n) is 7.39. The molecule has 0 radical (unpaired) electrons. The van der Waals surface area contributed by atoms with Crippen LogP contribution in [0, 0.1) is 18.6 Å². The van der Waals surface area contributed by atoms with Gasteiger partial charge in [0.05, 0.1) is 11.4 Å². The SMILES string of the molecule is Cc1ccccc1CSCC(=O)NNC(=S)Nc1ccc(F)cc1F. The molecule has 0 heterocycles. The number of hydrazine groups is 1. The van der Waals surface area contributed by atoms with Gasteiger partial charge in [-0.1, -0.05) is 24.3 Å². The molecule has 8 heteroatoms. The molecular weight excluding hydrogens is 364 g/mol. The molecular formula is C17H17F2N3OS2. The number of carbonyl (C=O) groups excluding carboxylic acids is 1. The van der Waals surface area contributed by atoms with Crippen molar-refractivity contribution in [1.82, 2.24) is 10.9 Å². The number of hydrogen-bond donors (Lipinski definition) is 3. The largest absolute Gasteiger partial charge is 0.329 e. The molecule has 0 aromatic heterocycles. The molecule has 2 aromatic carbocycles. The second-order valence-electron chi connectivity index (χ2n) is 5.17. The van der Waals surface area contributed by atoms with Crippen molar-refractivity contribution in [2.24, 2.45) is 0 Å². The highest BCUT2D eigenvalue weighted by Crippen LogP contribution is 2.16. The van der Waals surface area contributed by atoms with Crippen LogP contribution in [0.2, 0.25) is 0 Å². The maximum absolute atomic E-state index is 13.5. The molecule has 0 bridgehead atoms. The van der Waals surface area contributed by atoms with Gasteiger partial charge >= 0.3 is 0 Å². The quantitative estimate of drug-likeness (QED) is 0.547. The van der Waals surface area contributed by atoms with Crippen LogP contribution >= 0.6 is 24.0 Å². The minimum Gasteiger partial charge on any atom is -0.329 e. The van der Waals surface area contributed by atoms with Crippen molar-refractivity contribution in [3.05, 3.63) is 65.2 Å². The summed E-state index contributed by atoms with van der Waals surface area (Å²) in [5, 5.41) is 2.54. The van der Waals surface area contributed by atoms with E-state index in [0.29, 0.717) is 0 Å². The maximum Gasteiger partial charge on any atom is 0.248 e. The number of thiocarbonyl (C=S) groups is 1. The molecule has 0 spiro atoms. The molecule has 0 saturated heterocycles. The average molecular weight is 381 g/mol. The van der Waals surface area contributed by atoms with Crippen LogP contribution in [0.1, 0.15) is 11.1 Å². The summed E-state index contributed by atoms with van der Waals surface area (Å²) in [5.74, 6) is -0.745. The number of nitrogens with one attached hydrogen (secondary N) is 3. The molecule has 0 aliphatic carbocycles. The summed E-state index contributed by atoms with van der Waals surface area (Å²) in [5.41, 5.74) is 7.28. The Labute approximate surface area is 154 Å². The van der Waals surface area contributed by atoms with E-state index in [1.54, 1.807) is 0 Å². The molecule has 2 aromatic rings.